The van der Waals surface area contributed by atoms with E-state index in [0.29, 0.717) is 50.0 Å². The van der Waals surface area contributed by atoms with Gasteiger partial charge in [-0.15, -0.1) is 0 Å². The monoisotopic (exact) mass is 567 g/mol. The second-order valence-electron chi connectivity index (χ2n) is 11.9. The molecule has 2 aliphatic heterocycles. The van der Waals surface area contributed by atoms with E-state index in [2.05, 4.69) is 18.2 Å². The third kappa shape index (κ3) is 5.76. The number of carbonyl (C=O) groups is 1. The molecule has 40 heavy (non-hydrogen) atoms. The zero-order valence-corrected chi connectivity index (χ0v) is 23.0. The van der Waals surface area contributed by atoms with Gasteiger partial charge in [-0.2, -0.15) is 26.3 Å². The minimum absolute atomic E-state index is 0.0785. The van der Waals surface area contributed by atoms with Crippen molar-refractivity contribution in [2.75, 3.05) is 13.1 Å². The highest BCUT2D eigenvalue weighted by atomic mass is 19.4. The highest BCUT2D eigenvalue weighted by Crippen LogP contribution is 2.49. The fraction of sp³-hybridized carbons (Fsp3) is 0.581. The van der Waals surface area contributed by atoms with E-state index in [-0.39, 0.29) is 23.2 Å². The van der Waals surface area contributed by atoms with Crippen LogP contribution >= 0.6 is 0 Å². The maximum Gasteiger partial charge on any atom is 0.416 e. The number of hydrogen-bond acceptors (Lipinski definition) is 3. The Bertz CT molecular complexity index is 1260. The first-order chi connectivity index (χ1) is 18.7. The Labute approximate surface area is 230 Å². The van der Waals surface area contributed by atoms with Crippen molar-refractivity contribution in [3.8, 4) is 5.75 Å². The Balaban J connectivity index is 1.33. The molecule has 1 saturated heterocycles. The van der Waals surface area contributed by atoms with Crippen molar-refractivity contribution in [3.05, 3.63) is 64.2 Å². The van der Waals surface area contributed by atoms with Crippen LogP contribution in [0.1, 0.15) is 92.7 Å². The number of likely N-dealkylation sites (tertiary alicyclic amines) is 1. The Morgan fingerprint density at radius 2 is 1.62 bits per heavy atom. The third-order valence-electron chi connectivity index (χ3n) is 9.35. The smallest absolute Gasteiger partial charge is 0.416 e. The largest absolute Gasteiger partial charge is 0.487 e. The lowest BCUT2D eigenvalue weighted by molar-refractivity contribution is -0.142. The van der Waals surface area contributed by atoms with Crippen LogP contribution in [0, 0.1) is 11.8 Å². The molecule has 3 nitrogen and oxygen atoms in total. The maximum atomic E-state index is 13.7. The SMILES string of the molecule is CC(=O)[C@@H](C)[C@H](c1ccc2c(c1)OC1(CC2)CCN([C@H](C)c2cc(C(F)(F)F)ccc2C(F)(F)F)CC1)C1CC1. The Morgan fingerprint density at radius 3 is 2.20 bits per heavy atom. The number of ketones is 1. The molecule has 0 aromatic heterocycles. The first kappa shape index (κ1) is 29.0. The summed E-state index contributed by atoms with van der Waals surface area (Å²) in [6, 6.07) is 7.11. The average Bonchev–Trinajstić information content (AvgIpc) is 3.72. The number of nitrogens with zero attached hydrogens (tertiary/aromatic N) is 1. The van der Waals surface area contributed by atoms with E-state index in [9.17, 15) is 31.1 Å². The van der Waals surface area contributed by atoms with Gasteiger partial charge >= 0.3 is 12.4 Å². The fourth-order valence-electron chi connectivity index (χ4n) is 6.61. The van der Waals surface area contributed by atoms with Crippen molar-refractivity contribution in [2.24, 2.45) is 11.8 Å². The van der Waals surface area contributed by atoms with E-state index in [1.54, 1.807) is 13.8 Å². The standard InChI is InChI=1S/C31H35F6NO2/c1-18(20(3)39)28(22-5-6-22)23-7-4-21-10-11-29(40-27(21)16-23)12-14-38(15-13-29)19(2)25-17-24(30(32,33)34)8-9-26(25)31(35,36)37/h4,7-9,16-19,22,28H,5-6,10-15H2,1-3H3/t18-,19-,28+/m1/s1. The van der Waals surface area contributed by atoms with Gasteiger partial charge in [0.25, 0.3) is 0 Å². The predicted molar refractivity (Wildman–Crippen MR) is 139 cm³/mol. The van der Waals surface area contributed by atoms with Crippen LogP contribution in [-0.4, -0.2) is 29.4 Å². The highest BCUT2D eigenvalue weighted by molar-refractivity contribution is 5.79. The Kier molecular flexibility index (Phi) is 7.51. The van der Waals surface area contributed by atoms with Gasteiger partial charge in [-0.25, -0.2) is 0 Å². The van der Waals surface area contributed by atoms with Gasteiger partial charge < -0.3 is 4.74 Å². The molecule has 2 heterocycles. The molecule has 0 bridgehead atoms. The van der Waals surface area contributed by atoms with Gasteiger partial charge in [0, 0.05) is 25.0 Å². The molecular formula is C31H35F6NO2. The molecule has 0 amide bonds. The van der Waals surface area contributed by atoms with Crippen LogP contribution in [0.5, 0.6) is 5.75 Å². The van der Waals surface area contributed by atoms with Crippen LogP contribution < -0.4 is 4.74 Å². The van der Waals surface area contributed by atoms with Gasteiger partial charge in [-0.05, 0) is 105 Å². The van der Waals surface area contributed by atoms with Crippen LogP contribution in [0.25, 0.3) is 0 Å². The molecule has 2 fully saturated rings. The van der Waals surface area contributed by atoms with Crippen molar-refractivity contribution in [1.82, 2.24) is 4.90 Å². The number of alkyl halides is 6. The summed E-state index contributed by atoms with van der Waals surface area (Å²) in [7, 11) is 0. The summed E-state index contributed by atoms with van der Waals surface area (Å²) in [4.78, 5) is 14.0. The van der Waals surface area contributed by atoms with Gasteiger partial charge in [0.1, 0.15) is 17.1 Å². The van der Waals surface area contributed by atoms with Crippen molar-refractivity contribution < 1.29 is 35.9 Å². The zero-order valence-electron chi connectivity index (χ0n) is 23.0. The molecule has 3 aliphatic rings. The number of rotatable bonds is 6. The molecule has 2 aromatic rings. The number of piperidine rings is 1. The lowest BCUT2D eigenvalue weighted by atomic mass is 9.79. The van der Waals surface area contributed by atoms with Crippen LogP contribution in [0.3, 0.4) is 0 Å². The van der Waals surface area contributed by atoms with Gasteiger partial charge in [0.05, 0.1) is 11.1 Å². The second-order valence-corrected chi connectivity index (χ2v) is 11.9. The summed E-state index contributed by atoms with van der Waals surface area (Å²) in [5, 5.41) is 0. The summed E-state index contributed by atoms with van der Waals surface area (Å²) in [5.74, 6) is 1.55. The molecule has 0 radical (unpaired) electrons. The molecule has 0 unspecified atom stereocenters. The number of carbonyl (C=O) groups excluding carboxylic acids is 1. The molecule has 1 aliphatic carbocycles. The van der Waals surface area contributed by atoms with E-state index in [0.717, 1.165) is 42.6 Å². The first-order valence-electron chi connectivity index (χ1n) is 14.0. The second kappa shape index (κ2) is 10.4. The number of aryl methyl sites for hydroxylation is 1. The number of Topliss-reactive ketones (excluding diaryl/α,β-unsaturated/α-hetero) is 1. The molecule has 1 saturated carbocycles. The number of benzene rings is 2. The van der Waals surface area contributed by atoms with Gasteiger partial charge in [0.15, 0.2) is 0 Å². The maximum absolute atomic E-state index is 13.7. The summed E-state index contributed by atoms with van der Waals surface area (Å²) < 4.78 is 87.8. The summed E-state index contributed by atoms with van der Waals surface area (Å²) in [6.07, 6.45) is -4.54. The van der Waals surface area contributed by atoms with Gasteiger partial charge in [-0.3, -0.25) is 9.69 Å². The number of ether oxygens (including phenoxy) is 1. The number of halogens is 6. The normalized spacial score (nSPS) is 21.8. The lowest BCUT2D eigenvalue weighted by Crippen LogP contribution is -2.50. The fourth-order valence-corrected chi connectivity index (χ4v) is 6.61. The quantitative estimate of drug-likeness (QED) is 0.329. The number of hydrogen-bond donors (Lipinski definition) is 0. The summed E-state index contributed by atoms with van der Waals surface area (Å²) >= 11 is 0. The Morgan fingerprint density at radius 1 is 0.950 bits per heavy atom. The molecule has 218 valence electrons. The average molecular weight is 568 g/mol. The van der Waals surface area contributed by atoms with E-state index >= 15 is 0 Å². The Hall–Kier alpha value is -2.55. The summed E-state index contributed by atoms with van der Waals surface area (Å²) in [5.41, 5.74) is -0.728. The molecule has 3 atom stereocenters. The van der Waals surface area contributed by atoms with E-state index < -0.39 is 35.1 Å². The molecule has 2 aromatic carbocycles. The molecule has 5 rings (SSSR count). The lowest BCUT2D eigenvalue weighted by Gasteiger charge is -2.46. The number of fused-ring (bicyclic) bond motifs is 1. The van der Waals surface area contributed by atoms with Crippen LogP contribution in [0.15, 0.2) is 36.4 Å². The van der Waals surface area contributed by atoms with E-state index in [1.165, 1.54) is 0 Å². The predicted octanol–water partition coefficient (Wildman–Crippen LogP) is 8.36. The molecule has 0 N–H and O–H groups in total. The van der Waals surface area contributed by atoms with E-state index in [1.807, 2.05) is 11.8 Å². The third-order valence-corrected chi connectivity index (χ3v) is 9.35. The van der Waals surface area contributed by atoms with E-state index in [4.69, 9.17) is 4.74 Å². The summed E-state index contributed by atoms with van der Waals surface area (Å²) in [6.45, 7) is 5.99. The molecular weight excluding hydrogens is 532 g/mol. The molecule has 9 heteroatoms. The zero-order chi connectivity index (χ0) is 29.0. The minimum Gasteiger partial charge on any atom is -0.487 e. The van der Waals surface area contributed by atoms with Crippen molar-refractivity contribution in [3.63, 3.8) is 0 Å². The van der Waals surface area contributed by atoms with Crippen molar-refractivity contribution >= 4 is 5.78 Å². The van der Waals surface area contributed by atoms with Gasteiger partial charge in [0.2, 0.25) is 0 Å². The first-order valence-corrected chi connectivity index (χ1v) is 14.0. The molecule has 1 spiro atoms. The van der Waals surface area contributed by atoms with Crippen molar-refractivity contribution in [2.45, 2.75) is 89.2 Å². The highest BCUT2D eigenvalue weighted by Gasteiger charge is 2.44. The van der Waals surface area contributed by atoms with Crippen LogP contribution in [0.2, 0.25) is 0 Å². The van der Waals surface area contributed by atoms with Crippen LogP contribution in [-0.2, 0) is 23.6 Å². The topological polar surface area (TPSA) is 29.5 Å². The minimum atomic E-state index is -4.75. The van der Waals surface area contributed by atoms with Crippen molar-refractivity contribution in [1.29, 1.82) is 0 Å². The van der Waals surface area contributed by atoms with Crippen LogP contribution in [0.4, 0.5) is 26.3 Å². The van der Waals surface area contributed by atoms with Gasteiger partial charge in [-0.1, -0.05) is 19.1 Å².